The standard InChI is InChI=1S/C10H16ClN3O/c1-7-4-10(14-8(2)13-7)12-5-9(11)6-15-3/h4,9H,5-6H2,1-3H3,(H,12,13,14). The normalized spacial score (nSPS) is 12.5. The fourth-order valence-corrected chi connectivity index (χ4v) is 1.47. The van der Waals surface area contributed by atoms with Crippen LogP contribution >= 0.6 is 11.6 Å². The van der Waals surface area contributed by atoms with Crippen LogP contribution in [0.3, 0.4) is 0 Å². The Kier molecular flexibility index (Phi) is 4.78. The summed E-state index contributed by atoms with van der Waals surface area (Å²) in [7, 11) is 1.63. The Bertz CT molecular complexity index is 299. The molecule has 1 heterocycles. The summed E-state index contributed by atoms with van der Waals surface area (Å²) in [5, 5.41) is 3.10. The van der Waals surface area contributed by atoms with Gasteiger partial charge < -0.3 is 10.1 Å². The van der Waals surface area contributed by atoms with Gasteiger partial charge in [0.25, 0.3) is 0 Å². The Hall–Kier alpha value is -0.870. The van der Waals surface area contributed by atoms with E-state index in [2.05, 4.69) is 15.3 Å². The molecule has 1 unspecified atom stereocenters. The number of rotatable bonds is 5. The minimum absolute atomic E-state index is 0.0504. The number of aromatic nitrogens is 2. The lowest BCUT2D eigenvalue weighted by atomic mass is 10.4. The zero-order valence-corrected chi connectivity index (χ0v) is 10.0. The van der Waals surface area contributed by atoms with Crippen molar-refractivity contribution in [1.29, 1.82) is 0 Å². The van der Waals surface area contributed by atoms with E-state index in [1.54, 1.807) is 7.11 Å². The predicted octanol–water partition coefficient (Wildman–Crippen LogP) is 1.76. The van der Waals surface area contributed by atoms with Gasteiger partial charge in [-0.3, -0.25) is 0 Å². The molecule has 0 radical (unpaired) electrons. The van der Waals surface area contributed by atoms with Crippen LogP contribution in [0.1, 0.15) is 11.5 Å². The van der Waals surface area contributed by atoms with Crippen LogP contribution in [-0.4, -0.2) is 35.6 Å². The molecule has 1 aromatic rings. The second kappa shape index (κ2) is 5.88. The lowest BCUT2D eigenvalue weighted by Crippen LogP contribution is -2.19. The maximum absolute atomic E-state index is 5.98. The highest BCUT2D eigenvalue weighted by Gasteiger charge is 2.04. The molecule has 0 spiro atoms. The molecule has 1 N–H and O–H groups in total. The molecule has 0 amide bonds. The first kappa shape index (κ1) is 12.2. The molecule has 0 bridgehead atoms. The summed E-state index contributed by atoms with van der Waals surface area (Å²) in [6, 6.07) is 1.89. The Morgan fingerprint density at radius 2 is 2.20 bits per heavy atom. The van der Waals surface area contributed by atoms with E-state index in [0.717, 1.165) is 17.3 Å². The summed E-state index contributed by atoms with van der Waals surface area (Å²) in [5.74, 6) is 1.57. The van der Waals surface area contributed by atoms with Crippen LogP contribution in [0.5, 0.6) is 0 Å². The number of hydrogen-bond acceptors (Lipinski definition) is 4. The van der Waals surface area contributed by atoms with Gasteiger partial charge in [-0.1, -0.05) is 0 Å². The third-order valence-corrected chi connectivity index (χ3v) is 2.10. The number of aryl methyl sites for hydroxylation is 2. The second-order valence-electron chi connectivity index (χ2n) is 3.38. The van der Waals surface area contributed by atoms with Crippen molar-refractivity contribution in [3.05, 3.63) is 17.6 Å². The van der Waals surface area contributed by atoms with Crippen LogP contribution in [0.2, 0.25) is 0 Å². The van der Waals surface area contributed by atoms with Gasteiger partial charge in [-0.05, 0) is 13.8 Å². The quantitative estimate of drug-likeness (QED) is 0.782. The van der Waals surface area contributed by atoms with Crippen molar-refractivity contribution in [3.63, 3.8) is 0 Å². The van der Waals surface area contributed by atoms with Crippen LogP contribution in [0.15, 0.2) is 6.07 Å². The number of halogens is 1. The molecule has 15 heavy (non-hydrogen) atoms. The van der Waals surface area contributed by atoms with Gasteiger partial charge in [0.1, 0.15) is 11.6 Å². The van der Waals surface area contributed by atoms with Gasteiger partial charge in [-0.2, -0.15) is 0 Å². The molecular formula is C10H16ClN3O. The van der Waals surface area contributed by atoms with E-state index in [1.807, 2.05) is 19.9 Å². The fourth-order valence-electron chi connectivity index (χ4n) is 1.26. The van der Waals surface area contributed by atoms with E-state index in [-0.39, 0.29) is 5.38 Å². The molecule has 84 valence electrons. The van der Waals surface area contributed by atoms with Crippen molar-refractivity contribution in [3.8, 4) is 0 Å². The monoisotopic (exact) mass is 229 g/mol. The lowest BCUT2D eigenvalue weighted by molar-refractivity contribution is 0.200. The van der Waals surface area contributed by atoms with Gasteiger partial charge in [0.2, 0.25) is 0 Å². The van der Waals surface area contributed by atoms with E-state index in [9.17, 15) is 0 Å². The minimum atomic E-state index is -0.0504. The molecule has 1 rings (SSSR count). The molecule has 0 saturated heterocycles. The fraction of sp³-hybridized carbons (Fsp3) is 0.600. The van der Waals surface area contributed by atoms with Gasteiger partial charge in [0.05, 0.1) is 12.0 Å². The number of ether oxygens (including phenoxy) is 1. The summed E-state index contributed by atoms with van der Waals surface area (Å²) in [4.78, 5) is 8.43. The molecule has 0 aliphatic heterocycles. The molecule has 0 saturated carbocycles. The molecule has 5 heteroatoms. The van der Waals surface area contributed by atoms with Crippen LogP contribution in [0.25, 0.3) is 0 Å². The van der Waals surface area contributed by atoms with Crippen molar-refractivity contribution in [2.45, 2.75) is 19.2 Å². The number of nitrogens with one attached hydrogen (secondary N) is 1. The average Bonchev–Trinajstić information content (AvgIpc) is 2.14. The highest BCUT2D eigenvalue weighted by Crippen LogP contribution is 2.06. The van der Waals surface area contributed by atoms with E-state index < -0.39 is 0 Å². The predicted molar refractivity (Wildman–Crippen MR) is 61.5 cm³/mol. The molecule has 1 atom stereocenters. The molecule has 0 fully saturated rings. The Balaban J connectivity index is 2.50. The number of hydrogen-bond donors (Lipinski definition) is 1. The Morgan fingerprint density at radius 1 is 1.47 bits per heavy atom. The highest BCUT2D eigenvalue weighted by atomic mass is 35.5. The molecule has 4 nitrogen and oxygen atoms in total. The van der Waals surface area contributed by atoms with Gasteiger partial charge in [0.15, 0.2) is 0 Å². The summed E-state index contributed by atoms with van der Waals surface area (Å²) in [6.07, 6.45) is 0. The average molecular weight is 230 g/mol. The van der Waals surface area contributed by atoms with Gasteiger partial charge in [-0.15, -0.1) is 11.6 Å². The van der Waals surface area contributed by atoms with Crippen molar-refractivity contribution < 1.29 is 4.74 Å². The molecule has 0 aromatic carbocycles. The van der Waals surface area contributed by atoms with Gasteiger partial charge in [-0.25, -0.2) is 9.97 Å². The topological polar surface area (TPSA) is 47.0 Å². The summed E-state index contributed by atoms with van der Waals surface area (Å²) in [5.41, 5.74) is 0.947. The molecule has 0 aliphatic carbocycles. The van der Waals surface area contributed by atoms with E-state index in [0.29, 0.717) is 13.2 Å². The highest BCUT2D eigenvalue weighted by molar-refractivity contribution is 6.21. The maximum atomic E-state index is 5.98. The van der Waals surface area contributed by atoms with Crippen LogP contribution in [-0.2, 0) is 4.74 Å². The number of methoxy groups -OCH3 is 1. The summed E-state index contributed by atoms with van der Waals surface area (Å²) < 4.78 is 4.93. The van der Waals surface area contributed by atoms with Crippen molar-refractivity contribution in [2.75, 3.05) is 25.6 Å². The van der Waals surface area contributed by atoms with Gasteiger partial charge >= 0.3 is 0 Å². The van der Waals surface area contributed by atoms with Crippen molar-refractivity contribution in [1.82, 2.24) is 9.97 Å². The largest absolute Gasteiger partial charge is 0.383 e. The molecule has 1 aromatic heterocycles. The van der Waals surface area contributed by atoms with Crippen LogP contribution in [0.4, 0.5) is 5.82 Å². The minimum Gasteiger partial charge on any atom is -0.383 e. The summed E-state index contributed by atoms with van der Waals surface area (Å²) >= 11 is 5.98. The lowest BCUT2D eigenvalue weighted by Gasteiger charge is -2.10. The molecular weight excluding hydrogens is 214 g/mol. The number of alkyl halides is 1. The third-order valence-electron chi connectivity index (χ3n) is 1.82. The van der Waals surface area contributed by atoms with E-state index in [1.165, 1.54) is 0 Å². The van der Waals surface area contributed by atoms with Crippen molar-refractivity contribution >= 4 is 17.4 Å². The van der Waals surface area contributed by atoms with Crippen LogP contribution < -0.4 is 5.32 Å². The van der Waals surface area contributed by atoms with E-state index >= 15 is 0 Å². The zero-order chi connectivity index (χ0) is 11.3. The van der Waals surface area contributed by atoms with Crippen molar-refractivity contribution in [2.24, 2.45) is 0 Å². The third kappa shape index (κ3) is 4.44. The first-order valence-corrected chi connectivity index (χ1v) is 5.24. The van der Waals surface area contributed by atoms with E-state index in [4.69, 9.17) is 16.3 Å². The zero-order valence-electron chi connectivity index (χ0n) is 9.25. The Morgan fingerprint density at radius 3 is 2.80 bits per heavy atom. The SMILES string of the molecule is COCC(Cl)CNc1cc(C)nc(C)n1. The Labute approximate surface area is 95.0 Å². The second-order valence-corrected chi connectivity index (χ2v) is 3.99. The van der Waals surface area contributed by atoms with Gasteiger partial charge in [0, 0.05) is 25.4 Å². The first-order valence-electron chi connectivity index (χ1n) is 4.81. The molecule has 0 aliphatic rings. The smallest absolute Gasteiger partial charge is 0.129 e. The summed E-state index contributed by atoms with van der Waals surface area (Å²) in [6.45, 7) is 4.96. The maximum Gasteiger partial charge on any atom is 0.129 e. The van der Waals surface area contributed by atoms with Crippen LogP contribution in [0, 0.1) is 13.8 Å². The number of anilines is 1. The first-order chi connectivity index (χ1) is 7.11. The number of nitrogens with zero attached hydrogens (tertiary/aromatic N) is 2.